The molecule has 0 spiro atoms. The molecule has 1 amide bonds. The lowest BCUT2D eigenvalue weighted by molar-refractivity contribution is 0.0955. The van der Waals surface area contributed by atoms with Gasteiger partial charge in [0.1, 0.15) is 11.9 Å². The van der Waals surface area contributed by atoms with Crippen molar-refractivity contribution in [3.05, 3.63) is 52.7 Å². The number of carbonyl (C=O) groups excluding carboxylic acids is 1. The molecular weight excluding hydrogens is 300 g/mol. The molecule has 22 heavy (non-hydrogen) atoms. The van der Waals surface area contributed by atoms with Crippen LogP contribution in [0.2, 0.25) is 5.02 Å². The number of imidazole rings is 1. The van der Waals surface area contributed by atoms with Crippen LogP contribution in [0.15, 0.2) is 30.6 Å². The first-order valence-electron chi connectivity index (χ1n) is 7.13. The molecule has 112 valence electrons. The van der Waals surface area contributed by atoms with Crippen molar-refractivity contribution >= 4 is 28.4 Å². The van der Waals surface area contributed by atoms with Crippen molar-refractivity contribution < 1.29 is 4.79 Å². The number of benzene rings is 1. The van der Waals surface area contributed by atoms with Crippen LogP contribution in [0.5, 0.6) is 0 Å². The zero-order valence-corrected chi connectivity index (χ0v) is 13.1. The molecule has 1 unspecified atom stereocenters. The number of carbonyl (C=O) groups is 1. The lowest BCUT2D eigenvalue weighted by Gasteiger charge is -2.15. The fourth-order valence-electron chi connectivity index (χ4n) is 3.09. The second kappa shape index (κ2) is 4.61. The zero-order chi connectivity index (χ0) is 15.4. The van der Waals surface area contributed by atoms with Crippen molar-refractivity contribution in [1.29, 1.82) is 0 Å². The molecule has 3 aromatic rings. The number of para-hydroxylation sites is 1. The smallest absolute Gasteiger partial charge is 0.269 e. The topological polar surface area (TPSA) is 51.9 Å². The normalized spacial score (nSPS) is 17.0. The number of rotatable bonds is 2. The van der Waals surface area contributed by atoms with Gasteiger partial charge in [-0.3, -0.25) is 4.79 Å². The Morgan fingerprint density at radius 1 is 1.41 bits per heavy atom. The number of aromatic nitrogens is 3. The van der Waals surface area contributed by atoms with Crippen molar-refractivity contribution in [2.45, 2.75) is 19.5 Å². The number of hydrogen-bond acceptors (Lipinski definition) is 2. The number of hydrogen-bond donors (Lipinski definition) is 1. The van der Waals surface area contributed by atoms with Crippen LogP contribution >= 0.6 is 11.6 Å². The number of aryl methyl sites for hydroxylation is 1. The van der Waals surface area contributed by atoms with Crippen LogP contribution < -0.4 is 5.32 Å². The first-order valence-corrected chi connectivity index (χ1v) is 7.51. The number of nitrogens with zero attached hydrogens (tertiary/aromatic N) is 3. The fraction of sp³-hybridized carbons (Fsp3) is 0.250. The summed E-state index contributed by atoms with van der Waals surface area (Å²) >= 11 is 6.35. The van der Waals surface area contributed by atoms with Crippen LogP contribution in [-0.4, -0.2) is 20.0 Å². The molecule has 3 heterocycles. The van der Waals surface area contributed by atoms with E-state index in [9.17, 15) is 4.79 Å². The summed E-state index contributed by atoms with van der Waals surface area (Å²) in [7, 11) is 1.96. The van der Waals surface area contributed by atoms with Crippen LogP contribution in [0.25, 0.3) is 10.9 Å². The van der Waals surface area contributed by atoms with E-state index in [4.69, 9.17) is 11.6 Å². The highest BCUT2D eigenvalue weighted by atomic mass is 35.5. The fourth-order valence-corrected chi connectivity index (χ4v) is 3.37. The molecule has 0 bridgehead atoms. The van der Waals surface area contributed by atoms with Gasteiger partial charge in [0.15, 0.2) is 0 Å². The average Bonchev–Trinajstić information content (AvgIpc) is 3.11. The minimum Gasteiger partial charge on any atom is -0.338 e. The van der Waals surface area contributed by atoms with E-state index in [0.29, 0.717) is 17.1 Å². The van der Waals surface area contributed by atoms with Crippen LogP contribution in [0.3, 0.4) is 0 Å². The molecule has 1 aromatic carbocycles. The van der Waals surface area contributed by atoms with Gasteiger partial charge in [-0.05, 0) is 19.1 Å². The maximum absolute atomic E-state index is 12.2. The molecule has 5 nitrogen and oxygen atoms in total. The summed E-state index contributed by atoms with van der Waals surface area (Å²) in [5.74, 6) is -0.0640. The molecule has 0 fully saturated rings. The molecule has 1 aliphatic rings. The van der Waals surface area contributed by atoms with E-state index in [1.165, 1.54) is 0 Å². The predicted octanol–water partition coefficient (Wildman–Crippen LogP) is 2.82. The van der Waals surface area contributed by atoms with Gasteiger partial charge in [-0.25, -0.2) is 4.98 Å². The molecule has 0 saturated carbocycles. The van der Waals surface area contributed by atoms with Crippen molar-refractivity contribution in [2.75, 3.05) is 0 Å². The van der Waals surface area contributed by atoms with Gasteiger partial charge < -0.3 is 14.5 Å². The maximum Gasteiger partial charge on any atom is 0.269 e. The molecular formula is C16H15ClN4O. The Bertz CT molecular complexity index is 908. The second-order valence-corrected chi connectivity index (χ2v) is 6.07. The highest BCUT2D eigenvalue weighted by Crippen LogP contribution is 2.33. The Morgan fingerprint density at radius 3 is 2.95 bits per heavy atom. The molecule has 0 aliphatic carbocycles. The van der Waals surface area contributed by atoms with Gasteiger partial charge in [0.2, 0.25) is 0 Å². The quantitative estimate of drug-likeness (QED) is 0.791. The summed E-state index contributed by atoms with van der Waals surface area (Å²) in [6.45, 7) is 2.03. The Labute approximate surface area is 132 Å². The van der Waals surface area contributed by atoms with Crippen molar-refractivity contribution in [3.63, 3.8) is 0 Å². The third-order valence-corrected chi connectivity index (χ3v) is 4.68. The largest absolute Gasteiger partial charge is 0.338 e. The average molecular weight is 315 g/mol. The minimum absolute atomic E-state index is 0.0640. The van der Waals surface area contributed by atoms with E-state index in [-0.39, 0.29) is 12.1 Å². The number of fused-ring (bicyclic) bond motifs is 3. The number of nitrogens with one attached hydrogen (secondary N) is 1. The van der Waals surface area contributed by atoms with Gasteiger partial charge in [-0.1, -0.05) is 23.7 Å². The van der Waals surface area contributed by atoms with E-state index in [2.05, 4.69) is 10.3 Å². The van der Waals surface area contributed by atoms with Crippen LogP contribution in [0.1, 0.15) is 28.0 Å². The first kappa shape index (κ1) is 13.4. The maximum atomic E-state index is 12.2. The third-order valence-electron chi connectivity index (χ3n) is 4.37. The van der Waals surface area contributed by atoms with Crippen LogP contribution in [-0.2, 0) is 13.5 Å². The van der Waals surface area contributed by atoms with Crippen LogP contribution in [0, 0.1) is 6.92 Å². The molecule has 4 rings (SSSR count). The third kappa shape index (κ3) is 1.78. The van der Waals surface area contributed by atoms with Gasteiger partial charge in [-0.15, -0.1) is 0 Å². The Hall–Kier alpha value is -2.27. The molecule has 0 radical (unpaired) electrons. The SMILES string of the molecule is Cc1c(CC2NC(=O)c3cc4cccc(Cl)c4n32)ncn1C. The van der Waals surface area contributed by atoms with E-state index < -0.39 is 0 Å². The van der Waals surface area contributed by atoms with Crippen molar-refractivity contribution in [2.24, 2.45) is 7.05 Å². The van der Waals surface area contributed by atoms with Gasteiger partial charge >= 0.3 is 0 Å². The van der Waals surface area contributed by atoms with Gasteiger partial charge in [0.05, 0.1) is 22.6 Å². The van der Waals surface area contributed by atoms with E-state index in [1.807, 2.05) is 47.4 Å². The summed E-state index contributed by atoms with van der Waals surface area (Å²) in [5, 5.41) is 4.66. The van der Waals surface area contributed by atoms with Gasteiger partial charge in [0.25, 0.3) is 5.91 Å². The Kier molecular flexibility index (Phi) is 2.81. The van der Waals surface area contributed by atoms with E-state index >= 15 is 0 Å². The van der Waals surface area contributed by atoms with Crippen molar-refractivity contribution in [3.8, 4) is 0 Å². The Balaban J connectivity index is 1.84. The molecule has 6 heteroatoms. The highest BCUT2D eigenvalue weighted by Gasteiger charge is 2.31. The summed E-state index contributed by atoms with van der Waals surface area (Å²) in [4.78, 5) is 16.7. The van der Waals surface area contributed by atoms with Gasteiger partial charge in [0, 0.05) is 24.5 Å². The summed E-state index contributed by atoms with van der Waals surface area (Å²) in [6.07, 6.45) is 2.28. The Morgan fingerprint density at radius 2 is 2.23 bits per heavy atom. The highest BCUT2D eigenvalue weighted by molar-refractivity contribution is 6.35. The number of halogens is 1. The standard InChI is InChI=1S/C16H15ClN4O/c1-9-12(18-8-20(9)2)7-14-19-16(22)13-6-10-4-3-5-11(17)15(10)21(13)14/h3-6,8,14H,7H2,1-2H3,(H,19,22). The molecule has 1 aliphatic heterocycles. The lowest BCUT2D eigenvalue weighted by Crippen LogP contribution is -2.24. The summed E-state index contributed by atoms with van der Waals surface area (Å²) in [6, 6.07) is 7.62. The minimum atomic E-state index is -0.159. The second-order valence-electron chi connectivity index (χ2n) is 5.66. The first-order chi connectivity index (χ1) is 10.6. The summed E-state index contributed by atoms with van der Waals surface area (Å²) in [5.41, 5.74) is 3.64. The van der Waals surface area contributed by atoms with E-state index in [1.54, 1.807) is 6.33 Å². The predicted molar refractivity (Wildman–Crippen MR) is 85.1 cm³/mol. The number of amides is 1. The summed E-state index contributed by atoms with van der Waals surface area (Å²) < 4.78 is 3.97. The monoisotopic (exact) mass is 314 g/mol. The van der Waals surface area contributed by atoms with Crippen LogP contribution in [0.4, 0.5) is 0 Å². The van der Waals surface area contributed by atoms with Crippen molar-refractivity contribution in [1.82, 2.24) is 19.4 Å². The lowest BCUT2D eigenvalue weighted by atomic mass is 10.2. The molecule has 2 aromatic heterocycles. The zero-order valence-electron chi connectivity index (χ0n) is 12.3. The molecule has 1 N–H and O–H groups in total. The molecule has 1 atom stereocenters. The molecule has 0 saturated heterocycles. The van der Waals surface area contributed by atoms with E-state index in [0.717, 1.165) is 22.3 Å². The van der Waals surface area contributed by atoms with Gasteiger partial charge in [-0.2, -0.15) is 0 Å².